The Hall–Kier alpha value is -2.30. The molecule has 1 aromatic carbocycles. The molecule has 1 heterocycles. The first-order valence-corrected chi connectivity index (χ1v) is 12.0. The van der Waals surface area contributed by atoms with E-state index in [2.05, 4.69) is 16.9 Å². The first-order valence-electron chi connectivity index (χ1n) is 11.2. The van der Waals surface area contributed by atoms with E-state index in [1.807, 2.05) is 6.92 Å². The van der Waals surface area contributed by atoms with Crippen LogP contribution in [0.5, 0.6) is 5.75 Å². The van der Waals surface area contributed by atoms with Crippen molar-refractivity contribution < 1.29 is 31.5 Å². The molecular weight excluding hydrogens is 477 g/mol. The quantitative estimate of drug-likeness (QED) is 0.159. The number of amides is 1. The molecule has 5 nitrogen and oxygen atoms in total. The van der Waals surface area contributed by atoms with Gasteiger partial charge in [0.2, 0.25) is 12.3 Å². The van der Waals surface area contributed by atoms with Crippen molar-refractivity contribution in [1.29, 1.82) is 0 Å². The van der Waals surface area contributed by atoms with Crippen molar-refractivity contribution in [2.75, 3.05) is 25.0 Å². The van der Waals surface area contributed by atoms with E-state index in [9.17, 15) is 26.7 Å². The molecule has 0 radical (unpaired) electrons. The van der Waals surface area contributed by atoms with Gasteiger partial charge < -0.3 is 15.0 Å². The fraction of sp³-hybridized carbons (Fsp3) is 0.565. The summed E-state index contributed by atoms with van der Waals surface area (Å²) < 4.78 is 71.3. The molecule has 0 saturated carbocycles. The molecule has 1 aromatic rings. The fourth-order valence-electron chi connectivity index (χ4n) is 3.59. The lowest BCUT2D eigenvalue weighted by Crippen LogP contribution is -2.38. The maximum atomic E-state index is 13.6. The number of thioether (sulfide) groups is 1. The second kappa shape index (κ2) is 13.6. The molecule has 1 aliphatic rings. The van der Waals surface area contributed by atoms with E-state index in [-0.39, 0.29) is 35.8 Å². The molecule has 190 valence electrons. The Labute approximate surface area is 200 Å². The van der Waals surface area contributed by atoms with Gasteiger partial charge in [0.15, 0.2) is 5.17 Å². The highest BCUT2D eigenvalue weighted by molar-refractivity contribution is 8.16. The Kier molecular flexibility index (Phi) is 11.1. The summed E-state index contributed by atoms with van der Waals surface area (Å²) in [6, 6.07) is 3.37. The highest BCUT2D eigenvalue weighted by Gasteiger charge is 2.35. The molecule has 1 aliphatic heterocycles. The number of amidine groups is 1. The summed E-state index contributed by atoms with van der Waals surface area (Å²) in [6.07, 6.45) is -4.39. The molecule has 1 fully saturated rings. The Balaban J connectivity index is 2.13. The highest BCUT2D eigenvalue weighted by Crippen LogP contribution is 2.38. The van der Waals surface area contributed by atoms with Crippen LogP contribution in [0.4, 0.5) is 27.6 Å². The molecule has 1 saturated heterocycles. The van der Waals surface area contributed by atoms with Gasteiger partial charge in [0.1, 0.15) is 5.75 Å². The largest absolute Gasteiger partial charge is 0.493 e. The van der Waals surface area contributed by atoms with Crippen LogP contribution in [0.25, 0.3) is 0 Å². The predicted molar refractivity (Wildman–Crippen MR) is 126 cm³/mol. The number of hydrogen-bond donors (Lipinski definition) is 1. The smallest absolute Gasteiger partial charge is 0.420 e. The van der Waals surface area contributed by atoms with E-state index in [4.69, 9.17) is 4.74 Å². The minimum atomic E-state index is -4.60. The van der Waals surface area contributed by atoms with E-state index in [0.717, 1.165) is 30.7 Å². The number of rotatable bonds is 11. The molecule has 0 spiro atoms. The number of ether oxygens (including phenoxy) is 1. The number of aliphatic imine (C=N–C) groups is 1. The van der Waals surface area contributed by atoms with Gasteiger partial charge in [-0.05, 0) is 42.9 Å². The van der Waals surface area contributed by atoms with Gasteiger partial charge in [0.05, 0.1) is 31.2 Å². The van der Waals surface area contributed by atoms with Crippen molar-refractivity contribution in [3.05, 3.63) is 35.7 Å². The van der Waals surface area contributed by atoms with E-state index >= 15 is 0 Å². The second-order valence-electron chi connectivity index (χ2n) is 7.80. The van der Waals surface area contributed by atoms with Crippen molar-refractivity contribution in [2.24, 2.45) is 4.99 Å². The van der Waals surface area contributed by atoms with E-state index < -0.39 is 30.5 Å². The summed E-state index contributed by atoms with van der Waals surface area (Å²) in [6.45, 7) is 6.33. The number of carbonyl (C=O) groups excluding carboxylic acids is 1. The summed E-state index contributed by atoms with van der Waals surface area (Å²) in [5.41, 5.74) is -0.727. The maximum absolute atomic E-state index is 13.6. The van der Waals surface area contributed by atoms with Crippen LogP contribution in [-0.2, 0) is 11.0 Å². The third-order valence-corrected chi connectivity index (χ3v) is 5.83. The standard InChI is InChI=1S/C23H30F5N3O2S/c1-3-5-6-12-33-19-10-9-16(13-18(19)23(26,27)28)30-22(34-4-2)29-15-17-8-7-11-31(17)21(32)14-20(24)25/h4,9-10,13,17,20H,2-3,5-8,11-12,14-15H2,1H3,(H,29,30). The van der Waals surface area contributed by atoms with Crippen LogP contribution in [0, 0.1) is 0 Å². The summed E-state index contributed by atoms with van der Waals surface area (Å²) in [5, 5.41) is 4.61. The minimum absolute atomic E-state index is 0.142. The lowest BCUT2D eigenvalue weighted by Gasteiger charge is -2.23. The lowest BCUT2D eigenvalue weighted by molar-refractivity contribution is -0.139. The lowest BCUT2D eigenvalue weighted by atomic mass is 10.1. The fourth-order valence-corrected chi connectivity index (χ4v) is 4.07. The number of nitrogens with zero attached hydrogens (tertiary/aromatic N) is 2. The van der Waals surface area contributed by atoms with E-state index in [0.29, 0.717) is 25.8 Å². The molecule has 0 bridgehead atoms. The Morgan fingerprint density at radius 3 is 2.79 bits per heavy atom. The molecule has 1 N–H and O–H groups in total. The van der Waals surface area contributed by atoms with Crippen LogP contribution in [-0.4, -0.2) is 48.1 Å². The normalized spacial score (nSPS) is 16.7. The Bertz CT molecular complexity index is 848. The van der Waals surface area contributed by atoms with Crippen LogP contribution in [0.1, 0.15) is 51.0 Å². The van der Waals surface area contributed by atoms with E-state index in [1.165, 1.54) is 22.4 Å². The first-order chi connectivity index (χ1) is 16.2. The van der Waals surface area contributed by atoms with Crippen LogP contribution in [0.3, 0.4) is 0 Å². The number of halogens is 5. The highest BCUT2D eigenvalue weighted by atomic mass is 32.2. The number of hydrogen-bond acceptors (Lipinski definition) is 4. The predicted octanol–water partition coefficient (Wildman–Crippen LogP) is 6.57. The molecule has 1 unspecified atom stereocenters. The summed E-state index contributed by atoms with van der Waals surface area (Å²) in [5.74, 6) is -0.855. The third kappa shape index (κ3) is 8.81. The summed E-state index contributed by atoms with van der Waals surface area (Å²) in [7, 11) is 0. The van der Waals surface area contributed by atoms with Gasteiger partial charge in [0, 0.05) is 12.2 Å². The number of alkyl halides is 5. The third-order valence-electron chi connectivity index (χ3n) is 5.21. The average Bonchev–Trinajstić information content (AvgIpc) is 3.23. The number of anilines is 1. The van der Waals surface area contributed by atoms with Gasteiger partial charge in [-0.1, -0.05) is 38.1 Å². The van der Waals surface area contributed by atoms with Gasteiger partial charge in [-0.3, -0.25) is 9.79 Å². The first kappa shape index (κ1) is 27.9. The summed E-state index contributed by atoms with van der Waals surface area (Å²) >= 11 is 1.08. The van der Waals surface area contributed by atoms with Crippen molar-refractivity contribution in [3.8, 4) is 5.75 Å². The van der Waals surface area contributed by atoms with Crippen molar-refractivity contribution in [3.63, 3.8) is 0 Å². The Morgan fingerprint density at radius 2 is 2.15 bits per heavy atom. The maximum Gasteiger partial charge on any atom is 0.420 e. The van der Waals surface area contributed by atoms with Gasteiger partial charge in [0.25, 0.3) is 0 Å². The number of likely N-dealkylation sites (tertiary alicyclic amines) is 1. The van der Waals surface area contributed by atoms with Crippen molar-refractivity contribution in [2.45, 2.75) is 64.1 Å². The molecule has 11 heteroatoms. The monoisotopic (exact) mass is 507 g/mol. The zero-order chi connectivity index (χ0) is 25.1. The zero-order valence-electron chi connectivity index (χ0n) is 19.0. The molecular formula is C23H30F5N3O2S. The number of benzene rings is 1. The number of nitrogens with one attached hydrogen (secondary N) is 1. The SMILES string of the molecule is C=CSC(=NCC1CCCN1C(=O)CC(F)F)Nc1ccc(OCCCCC)c(C(F)(F)F)c1. The molecule has 0 aromatic heterocycles. The number of unbranched alkanes of at least 4 members (excludes halogenated alkanes) is 2. The molecule has 2 rings (SSSR count). The topological polar surface area (TPSA) is 53.9 Å². The van der Waals surface area contributed by atoms with Gasteiger partial charge in [-0.15, -0.1) is 0 Å². The van der Waals surface area contributed by atoms with Crippen LogP contribution in [0.2, 0.25) is 0 Å². The van der Waals surface area contributed by atoms with Crippen LogP contribution in [0.15, 0.2) is 35.2 Å². The van der Waals surface area contributed by atoms with Gasteiger partial charge in [-0.2, -0.15) is 13.2 Å². The minimum Gasteiger partial charge on any atom is -0.493 e. The van der Waals surface area contributed by atoms with Crippen molar-refractivity contribution >= 4 is 28.5 Å². The average molecular weight is 508 g/mol. The second-order valence-corrected chi connectivity index (χ2v) is 8.75. The molecule has 1 atom stereocenters. The molecule has 34 heavy (non-hydrogen) atoms. The van der Waals surface area contributed by atoms with Crippen molar-refractivity contribution in [1.82, 2.24) is 4.90 Å². The van der Waals surface area contributed by atoms with Crippen LogP contribution >= 0.6 is 11.8 Å². The van der Waals surface area contributed by atoms with Crippen LogP contribution < -0.4 is 10.1 Å². The van der Waals surface area contributed by atoms with Gasteiger partial charge in [-0.25, -0.2) is 8.78 Å². The molecule has 1 amide bonds. The Morgan fingerprint density at radius 1 is 1.38 bits per heavy atom. The van der Waals surface area contributed by atoms with E-state index in [1.54, 1.807) is 0 Å². The summed E-state index contributed by atoms with van der Waals surface area (Å²) in [4.78, 5) is 17.8. The molecule has 0 aliphatic carbocycles. The number of carbonyl (C=O) groups is 1. The van der Waals surface area contributed by atoms with Gasteiger partial charge >= 0.3 is 6.18 Å². The zero-order valence-corrected chi connectivity index (χ0v) is 19.9.